The van der Waals surface area contributed by atoms with Crippen LogP contribution in [0.2, 0.25) is 0 Å². The number of ether oxygens (including phenoxy) is 1. The van der Waals surface area contributed by atoms with E-state index in [0.717, 1.165) is 0 Å². The van der Waals surface area contributed by atoms with Crippen molar-refractivity contribution in [1.82, 2.24) is 9.97 Å². The molecule has 0 aliphatic rings. The maximum Gasteiger partial charge on any atom is 0.306 e. The van der Waals surface area contributed by atoms with E-state index in [4.69, 9.17) is 10.5 Å². The summed E-state index contributed by atoms with van der Waals surface area (Å²) in [5, 5.41) is 0. The van der Waals surface area contributed by atoms with Gasteiger partial charge in [0.25, 0.3) is 5.56 Å². The van der Waals surface area contributed by atoms with Crippen LogP contribution in [0.15, 0.2) is 4.79 Å². The zero-order chi connectivity index (χ0) is 13.9. The average molecular weight is 253 g/mol. The topological polar surface area (TPSA) is 98.1 Å². The fourth-order valence-corrected chi connectivity index (χ4v) is 1.55. The number of H-pyrrole nitrogens is 1. The average Bonchev–Trinajstić information content (AvgIpc) is 2.12. The number of aromatic nitrogens is 2. The van der Waals surface area contributed by atoms with Gasteiger partial charge in [-0.1, -0.05) is 0 Å². The van der Waals surface area contributed by atoms with Gasteiger partial charge in [0, 0.05) is 17.7 Å². The molecule has 0 fully saturated rings. The highest BCUT2D eigenvalue weighted by Crippen LogP contribution is 2.10. The fourth-order valence-electron chi connectivity index (χ4n) is 1.55. The largest absolute Gasteiger partial charge is 0.460 e. The van der Waals surface area contributed by atoms with Crippen molar-refractivity contribution in [3.05, 3.63) is 21.6 Å². The number of hydrogen-bond donors (Lipinski definition) is 2. The number of carbonyl (C=O) groups excluding carboxylic acids is 1. The Morgan fingerprint density at radius 2 is 2.06 bits per heavy atom. The second-order valence-electron chi connectivity index (χ2n) is 5.10. The maximum absolute atomic E-state index is 11.6. The molecular formula is C12H19N3O3. The molecule has 3 N–H and O–H groups in total. The number of nitrogens with one attached hydrogen (secondary N) is 1. The molecule has 0 radical (unpaired) electrons. The first-order valence-electron chi connectivity index (χ1n) is 5.76. The Labute approximate surface area is 106 Å². The summed E-state index contributed by atoms with van der Waals surface area (Å²) >= 11 is 0. The molecule has 1 rings (SSSR count). The smallest absolute Gasteiger partial charge is 0.306 e. The maximum atomic E-state index is 11.6. The molecule has 100 valence electrons. The lowest BCUT2D eigenvalue weighted by Gasteiger charge is -2.19. The summed E-state index contributed by atoms with van der Waals surface area (Å²) in [6, 6.07) is 0. The normalized spacial score (nSPS) is 11.3. The molecule has 0 aromatic carbocycles. The van der Waals surface area contributed by atoms with E-state index in [1.807, 2.05) is 0 Å². The highest BCUT2D eigenvalue weighted by Gasteiger charge is 2.17. The number of esters is 1. The molecule has 18 heavy (non-hydrogen) atoms. The molecule has 0 saturated carbocycles. The van der Waals surface area contributed by atoms with Crippen molar-refractivity contribution in [2.75, 3.05) is 5.73 Å². The van der Waals surface area contributed by atoms with Gasteiger partial charge in [-0.3, -0.25) is 14.6 Å². The first-order valence-corrected chi connectivity index (χ1v) is 5.76. The van der Waals surface area contributed by atoms with Gasteiger partial charge >= 0.3 is 5.97 Å². The minimum absolute atomic E-state index is 0.0820. The SMILES string of the molecule is Cc1nc(N)[nH]c(=O)c1CCC(=O)OC(C)(C)C. The monoisotopic (exact) mass is 253 g/mol. The zero-order valence-corrected chi connectivity index (χ0v) is 11.2. The Morgan fingerprint density at radius 3 is 2.56 bits per heavy atom. The van der Waals surface area contributed by atoms with E-state index >= 15 is 0 Å². The number of anilines is 1. The lowest BCUT2D eigenvalue weighted by atomic mass is 10.1. The van der Waals surface area contributed by atoms with Gasteiger partial charge in [-0.15, -0.1) is 0 Å². The van der Waals surface area contributed by atoms with Crippen LogP contribution in [0.25, 0.3) is 0 Å². The number of nitrogen functional groups attached to an aromatic ring is 1. The number of aromatic amines is 1. The molecule has 0 atom stereocenters. The van der Waals surface area contributed by atoms with Gasteiger partial charge in [0.1, 0.15) is 5.60 Å². The van der Waals surface area contributed by atoms with E-state index in [9.17, 15) is 9.59 Å². The predicted molar refractivity (Wildman–Crippen MR) is 68.2 cm³/mol. The Kier molecular flexibility index (Phi) is 4.11. The standard InChI is InChI=1S/C12H19N3O3/c1-7-8(10(17)15-11(13)14-7)5-6-9(16)18-12(2,3)4/h5-6H2,1-4H3,(H3,13,14,15,17). The molecular weight excluding hydrogens is 234 g/mol. The van der Waals surface area contributed by atoms with Crippen molar-refractivity contribution in [2.24, 2.45) is 0 Å². The van der Waals surface area contributed by atoms with Crippen molar-refractivity contribution in [1.29, 1.82) is 0 Å². The van der Waals surface area contributed by atoms with E-state index in [0.29, 0.717) is 17.7 Å². The number of hydrogen-bond acceptors (Lipinski definition) is 5. The van der Waals surface area contributed by atoms with E-state index in [-0.39, 0.29) is 23.9 Å². The summed E-state index contributed by atoms with van der Waals surface area (Å²) in [6.07, 6.45) is 0.441. The second-order valence-corrected chi connectivity index (χ2v) is 5.10. The van der Waals surface area contributed by atoms with E-state index < -0.39 is 5.60 Å². The Morgan fingerprint density at radius 1 is 1.44 bits per heavy atom. The van der Waals surface area contributed by atoms with E-state index in [1.165, 1.54) is 0 Å². The van der Waals surface area contributed by atoms with Crippen LogP contribution in [0, 0.1) is 6.92 Å². The second kappa shape index (κ2) is 5.20. The minimum Gasteiger partial charge on any atom is -0.460 e. The molecule has 1 aromatic heterocycles. The van der Waals surface area contributed by atoms with Crippen LogP contribution < -0.4 is 11.3 Å². The van der Waals surface area contributed by atoms with Gasteiger partial charge in [0.2, 0.25) is 5.95 Å². The number of nitrogens with zero attached hydrogens (tertiary/aromatic N) is 1. The summed E-state index contributed by atoms with van der Waals surface area (Å²) in [7, 11) is 0. The van der Waals surface area contributed by atoms with Gasteiger partial charge in [0.05, 0.1) is 0 Å². The molecule has 1 heterocycles. The number of nitrogens with two attached hydrogens (primary N) is 1. The first kappa shape index (κ1) is 14.2. The van der Waals surface area contributed by atoms with E-state index in [2.05, 4.69) is 9.97 Å². The van der Waals surface area contributed by atoms with Crippen LogP contribution in [0.4, 0.5) is 5.95 Å². The van der Waals surface area contributed by atoms with Gasteiger partial charge < -0.3 is 10.5 Å². The van der Waals surface area contributed by atoms with Crippen LogP contribution in [0.1, 0.15) is 38.4 Å². The molecule has 0 saturated heterocycles. The van der Waals surface area contributed by atoms with Crippen molar-refractivity contribution < 1.29 is 9.53 Å². The summed E-state index contributed by atoms with van der Waals surface area (Å²) in [5.74, 6) is -0.253. The van der Waals surface area contributed by atoms with Gasteiger partial charge in [-0.25, -0.2) is 4.98 Å². The molecule has 0 bridgehead atoms. The molecule has 6 heteroatoms. The lowest BCUT2D eigenvalue weighted by Crippen LogP contribution is -2.25. The Balaban J connectivity index is 2.70. The minimum atomic E-state index is -0.516. The third-order valence-electron chi connectivity index (χ3n) is 2.24. The zero-order valence-electron chi connectivity index (χ0n) is 11.2. The van der Waals surface area contributed by atoms with Crippen molar-refractivity contribution >= 4 is 11.9 Å². The molecule has 1 aromatic rings. The molecule has 0 aliphatic carbocycles. The van der Waals surface area contributed by atoms with Crippen molar-refractivity contribution in [3.63, 3.8) is 0 Å². The summed E-state index contributed by atoms with van der Waals surface area (Å²) in [5.41, 5.74) is 5.60. The fraction of sp³-hybridized carbons (Fsp3) is 0.583. The van der Waals surface area contributed by atoms with Crippen LogP contribution in [-0.4, -0.2) is 21.5 Å². The highest BCUT2D eigenvalue weighted by molar-refractivity contribution is 5.70. The lowest BCUT2D eigenvalue weighted by molar-refractivity contribution is -0.154. The van der Waals surface area contributed by atoms with Crippen LogP contribution in [0.3, 0.4) is 0 Å². The van der Waals surface area contributed by atoms with Crippen LogP contribution in [0.5, 0.6) is 0 Å². The predicted octanol–water partition coefficient (Wildman–Crippen LogP) is 0.935. The number of carbonyl (C=O) groups is 1. The van der Waals surface area contributed by atoms with Gasteiger partial charge in [-0.05, 0) is 34.1 Å². The molecule has 0 unspecified atom stereocenters. The highest BCUT2D eigenvalue weighted by atomic mass is 16.6. The van der Waals surface area contributed by atoms with Gasteiger partial charge in [-0.2, -0.15) is 0 Å². The first-order chi connectivity index (χ1) is 8.19. The van der Waals surface area contributed by atoms with Crippen LogP contribution >= 0.6 is 0 Å². The number of aryl methyl sites for hydroxylation is 1. The molecule has 6 nitrogen and oxygen atoms in total. The third-order valence-corrected chi connectivity index (χ3v) is 2.24. The summed E-state index contributed by atoms with van der Waals surface area (Å²) in [4.78, 5) is 29.5. The van der Waals surface area contributed by atoms with Crippen molar-refractivity contribution in [3.8, 4) is 0 Å². The van der Waals surface area contributed by atoms with Crippen LogP contribution in [-0.2, 0) is 16.0 Å². The number of rotatable bonds is 3. The third kappa shape index (κ3) is 4.20. The summed E-state index contributed by atoms with van der Waals surface area (Å²) < 4.78 is 5.17. The molecule has 0 amide bonds. The molecule has 0 aliphatic heterocycles. The quantitative estimate of drug-likeness (QED) is 0.781. The Bertz CT molecular complexity index is 500. The Hall–Kier alpha value is -1.85. The van der Waals surface area contributed by atoms with Gasteiger partial charge in [0.15, 0.2) is 0 Å². The van der Waals surface area contributed by atoms with E-state index in [1.54, 1.807) is 27.7 Å². The molecule has 0 spiro atoms. The van der Waals surface area contributed by atoms with Crippen molar-refractivity contribution in [2.45, 2.75) is 46.1 Å². The summed E-state index contributed by atoms with van der Waals surface area (Å²) in [6.45, 7) is 7.09.